The Morgan fingerprint density at radius 3 is 2.37 bits per heavy atom. The summed E-state index contributed by atoms with van der Waals surface area (Å²) in [6, 6.07) is 4.41. The molecule has 0 spiro atoms. The summed E-state index contributed by atoms with van der Waals surface area (Å²) < 4.78 is 22.7. The molecule has 1 rings (SSSR count). The van der Waals surface area contributed by atoms with Crippen LogP contribution < -0.4 is 10.5 Å². The van der Waals surface area contributed by atoms with Crippen LogP contribution in [0.4, 0.5) is 5.69 Å². The number of rotatable bonds is 3. The Morgan fingerprint density at radius 2 is 1.95 bits per heavy atom. The fraction of sp³-hybridized carbons (Fsp3) is 0.417. The van der Waals surface area contributed by atoms with E-state index in [-0.39, 0.29) is 16.2 Å². The number of nitrogens with two attached hydrogens (primary N) is 1. The Morgan fingerprint density at radius 1 is 1.37 bits per heavy atom. The van der Waals surface area contributed by atoms with Crippen LogP contribution in [0.1, 0.15) is 26.3 Å². The lowest BCUT2D eigenvalue weighted by molar-refractivity contribution is -0.113. The third-order valence-electron chi connectivity index (χ3n) is 2.52. The summed E-state index contributed by atoms with van der Waals surface area (Å²) in [5, 5.41) is 7.67. The fourth-order valence-corrected chi connectivity index (χ4v) is 2.25. The summed E-state index contributed by atoms with van der Waals surface area (Å²) >= 11 is 5.44. The molecule has 0 unspecified atom stereocenters. The van der Waals surface area contributed by atoms with Crippen LogP contribution in [0.15, 0.2) is 23.1 Å². The Bertz CT molecular complexity index is 591. The maximum Gasteiger partial charge on any atom is 0.239 e. The normalized spacial score (nSPS) is 12.3. The summed E-state index contributed by atoms with van der Waals surface area (Å²) in [6.45, 7) is 5.86. The van der Waals surface area contributed by atoms with Crippen LogP contribution in [-0.4, -0.2) is 20.2 Å². The van der Waals surface area contributed by atoms with Crippen molar-refractivity contribution in [3.8, 4) is 0 Å². The van der Waals surface area contributed by atoms with Crippen molar-refractivity contribution in [2.75, 3.05) is 11.2 Å². The molecule has 0 bridgehead atoms. The average molecular weight is 305 g/mol. The average Bonchev–Trinajstić information content (AvgIpc) is 2.26. The molecule has 19 heavy (non-hydrogen) atoms. The van der Waals surface area contributed by atoms with E-state index in [2.05, 4.69) is 5.32 Å². The molecule has 0 saturated carbocycles. The van der Waals surface area contributed by atoms with Gasteiger partial charge in [0.05, 0.1) is 4.90 Å². The topological polar surface area (TPSA) is 89.3 Å². The lowest BCUT2D eigenvalue weighted by atomic mass is 9.86. The zero-order chi connectivity index (χ0) is 14.8. The first-order valence-electron chi connectivity index (χ1n) is 5.59. The Balaban J connectivity index is 3.39. The van der Waals surface area contributed by atoms with Crippen molar-refractivity contribution in [3.63, 3.8) is 0 Å². The number of nitrogens with one attached hydrogen (secondary N) is 1. The highest BCUT2D eigenvalue weighted by atomic mass is 35.5. The number of primary sulfonamides is 1. The highest BCUT2D eigenvalue weighted by Gasteiger charge is 2.21. The van der Waals surface area contributed by atoms with Gasteiger partial charge < -0.3 is 5.32 Å². The zero-order valence-electron chi connectivity index (χ0n) is 11.0. The first kappa shape index (κ1) is 15.9. The minimum Gasteiger partial charge on any atom is -0.325 e. The molecule has 106 valence electrons. The lowest BCUT2D eigenvalue weighted by Gasteiger charge is -2.23. The standard InChI is InChI=1S/C12H17ClN2O3S/c1-12(2,3)9-5-4-8(19(14,17)18)6-10(9)15-11(16)7-13/h4-6H,7H2,1-3H3,(H,15,16)(H2,14,17,18). The van der Waals surface area contributed by atoms with E-state index in [4.69, 9.17) is 16.7 Å². The lowest BCUT2D eigenvalue weighted by Crippen LogP contribution is -2.21. The van der Waals surface area contributed by atoms with Crippen LogP contribution in [0.25, 0.3) is 0 Å². The van der Waals surface area contributed by atoms with Crippen molar-refractivity contribution in [1.29, 1.82) is 0 Å². The highest BCUT2D eigenvalue weighted by molar-refractivity contribution is 7.89. The van der Waals surface area contributed by atoms with E-state index in [1.165, 1.54) is 12.1 Å². The third kappa shape index (κ3) is 4.19. The van der Waals surface area contributed by atoms with Crippen molar-refractivity contribution < 1.29 is 13.2 Å². The molecular weight excluding hydrogens is 288 g/mol. The van der Waals surface area contributed by atoms with Crippen LogP contribution in [0, 0.1) is 0 Å². The number of sulfonamides is 1. The summed E-state index contributed by atoms with van der Waals surface area (Å²) in [5.74, 6) is -0.609. The van der Waals surface area contributed by atoms with Gasteiger partial charge in [0, 0.05) is 5.69 Å². The molecule has 1 aromatic rings. The molecule has 0 atom stereocenters. The summed E-state index contributed by atoms with van der Waals surface area (Å²) in [4.78, 5) is 11.3. The fourth-order valence-electron chi connectivity index (χ4n) is 1.64. The molecule has 0 aliphatic rings. The van der Waals surface area contributed by atoms with Crippen LogP contribution in [-0.2, 0) is 20.2 Å². The van der Waals surface area contributed by atoms with Gasteiger partial charge in [-0.25, -0.2) is 13.6 Å². The van der Waals surface area contributed by atoms with Crippen LogP contribution in [0.2, 0.25) is 0 Å². The summed E-state index contributed by atoms with van der Waals surface area (Å²) in [7, 11) is -3.81. The minimum atomic E-state index is -3.81. The Hall–Kier alpha value is -1.11. The smallest absolute Gasteiger partial charge is 0.239 e. The van der Waals surface area contributed by atoms with Gasteiger partial charge in [0.2, 0.25) is 15.9 Å². The maximum atomic E-state index is 11.4. The second-order valence-corrected chi connectivity index (χ2v) is 7.01. The molecule has 3 N–H and O–H groups in total. The van der Waals surface area contributed by atoms with E-state index >= 15 is 0 Å². The molecular formula is C12H17ClN2O3S. The second kappa shape index (κ2) is 5.48. The van der Waals surface area contributed by atoms with Crippen molar-refractivity contribution >= 4 is 33.2 Å². The number of carbonyl (C=O) groups is 1. The number of carbonyl (C=O) groups excluding carboxylic acids is 1. The Labute approximate surface area is 118 Å². The monoisotopic (exact) mass is 304 g/mol. The molecule has 7 heteroatoms. The van der Waals surface area contributed by atoms with Crippen LogP contribution >= 0.6 is 11.6 Å². The quantitative estimate of drug-likeness (QED) is 0.835. The van der Waals surface area contributed by atoms with Gasteiger partial charge in [-0.15, -0.1) is 11.6 Å². The highest BCUT2D eigenvalue weighted by Crippen LogP contribution is 2.31. The van der Waals surface area contributed by atoms with E-state index in [0.717, 1.165) is 5.56 Å². The van der Waals surface area contributed by atoms with Crippen molar-refractivity contribution in [2.45, 2.75) is 31.1 Å². The van der Waals surface area contributed by atoms with Gasteiger partial charge in [-0.1, -0.05) is 26.8 Å². The van der Waals surface area contributed by atoms with Gasteiger partial charge in [0.1, 0.15) is 5.88 Å². The summed E-state index contributed by atoms with van der Waals surface area (Å²) in [5.41, 5.74) is 0.953. The van der Waals surface area contributed by atoms with Gasteiger partial charge in [-0.05, 0) is 23.1 Å². The molecule has 0 saturated heterocycles. The molecule has 5 nitrogen and oxygen atoms in total. The van der Waals surface area contributed by atoms with Gasteiger partial charge in [0.15, 0.2) is 0 Å². The molecule has 0 aliphatic carbocycles. The largest absolute Gasteiger partial charge is 0.325 e. The molecule has 1 aromatic carbocycles. The summed E-state index contributed by atoms with van der Waals surface area (Å²) in [6.07, 6.45) is 0. The van der Waals surface area contributed by atoms with Gasteiger partial charge >= 0.3 is 0 Å². The van der Waals surface area contributed by atoms with Gasteiger partial charge in [0.25, 0.3) is 0 Å². The molecule has 1 amide bonds. The van der Waals surface area contributed by atoms with E-state index in [0.29, 0.717) is 5.69 Å². The number of amides is 1. The molecule has 0 radical (unpaired) electrons. The molecule has 0 heterocycles. The van der Waals surface area contributed by atoms with Gasteiger partial charge in [-0.3, -0.25) is 4.79 Å². The number of benzene rings is 1. The number of hydrogen-bond donors (Lipinski definition) is 2. The zero-order valence-corrected chi connectivity index (χ0v) is 12.6. The van der Waals surface area contributed by atoms with Crippen molar-refractivity contribution in [3.05, 3.63) is 23.8 Å². The number of anilines is 1. The number of hydrogen-bond acceptors (Lipinski definition) is 3. The predicted octanol–water partition coefficient (Wildman–Crippen LogP) is 1.81. The van der Waals surface area contributed by atoms with Crippen LogP contribution in [0.3, 0.4) is 0 Å². The van der Waals surface area contributed by atoms with E-state index in [9.17, 15) is 13.2 Å². The van der Waals surface area contributed by atoms with Gasteiger partial charge in [-0.2, -0.15) is 0 Å². The number of alkyl halides is 1. The maximum absolute atomic E-state index is 11.4. The molecule has 0 aliphatic heterocycles. The van der Waals surface area contributed by atoms with E-state index in [1.54, 1.807) is 6.07 Å². The van der Waals surface area contributed by atoms with E-state index in [1.807, 2.05) is 20.8 Å². The number of halogens is 1. The molecule has 0 fully saturated rings. The SMILES string of the molecule is CC(C)(C)c1ccc(S(N)(=O)=O)cc1NC(=O)CCl. The first-order chi connectivity index (χ1) is 8.55. The Kier molecular flexibility index (Phi) is 4.60. The van der Waals surface area contributed by atoms with Crippen molar-refractivity contribution in [2.24, 2.45) is 5.14 Å². The minimum absolute atomic E-state index is 0.0506. The predicted molar refractivity (Wildman–Crippen MR) is 75.9 cm³/mol. The van der Waals surface area contributed by atoms with Crippen LogP contribution in [0.5, 0.6) is 0 Å². The first-order valence-corrected chi connectivity index (χ1v) is 7.67. The molecule has 0 aromatic heterocycles. The van der Waals surface area contributed by atoms with E-state index < -0.39 is 15.9 Å². The van der Waals surface area contributed by atoms with Crippen molar-refractivity contribution in [1.82, 2.24) is 0 Å². The third-order valence-corrected chi connectivity index (χ3v) is 3.68. The second-order valence-electron chi connectivity index (χ2n) is 5.18.